The molecule has 0 atom stereocenters. The van der Waals surface area contributed by atoms with Crippen LogP contribution in [0.5, 0.6) is 0 Å². The summed E-state index contributed by atoms with van der Waals surface area (Å²) in [5.74, 6) is -1.50. The Labute approximate surface area is 81.1 Å². The van der Waals surface area contributed by atoms with Crippen LogP contribution in [0.15, 0.2) is 0 Å². The minimum atomic E-state index is -3.08. The molecule has 0 unspecified atom stereocenters. The van der Waals surface area contributed by atoms with Crippen LogP contribution in [0.25, 0.3) is 0 Å². The maximum Gasteiger partial charge on any atom is 0.373 e. The highest BCUT2D eigenvalue weighted by Crippen LogP contribution is 2.37. The van der Waals surface area contributed by atoms with Gasteiger partial charge in [0, 0.05) is 5.41 Å². The molecule has 1 fully saturated rings. The number of alkyl halides is 2. The molecule has 3 nitrogen and oxygen atoms in total. The topological polar surface area (TPSA) is 46.5 Å². The first-order valence-electron chi connectivity index (χ1n) is 4.65. The summed E-state index contributed by atoms with van der Waals surface area (Å²) in [6, 6.07) is 0. The number of rotatable bonds is 4. The van der Waals surface area contributed by atoms with Crippen LogP contribution in [0.2, 0.25) is 0 Å². The average molecular weight is 208 g/mol. The Hall–Kier alpha value is -0.710. The first-order valence-corrected chi connectivity index (χ1v) is 4.65. The summed E-state index contributed by atoms with van der Waals surface area (Å²) < 4.78 is 28.0. The Balaban J connectivity index is 2.38. The first kappa shape index (κ1) is 11.4. The third-order valence-electron chi connectivity index (χ3n) is 2.70. The van der Waals surface area contributed by atoms with Gasteiger partial charge >= 0.3 is 12.4 Å². The molecule has 0 aromatic carbocycles. The Bertz CT molecular complexity index is 200. The van der Waals surface area contributed by atoms with Crippen molar-refractivity contribution in [1.82, 2.24) is 0 Å². The number of aliphatic hydroxyl groups excluding tert-OH is 1. The first-order chi connectivity index (χ1) is 6.59. The average Bonchev–Trinajstić information content (AvgIpc) is 2.63. The van der Waals surface area contributed by atoms with Crippen LogP contribution in [0.4, 0.5) is 8.78 Å². The third-order valence-corrected chi connectivity index (χ3v) is 2.70. The number of carbonyl (C=O) groups excluding carboxylic acids is 1. The van der Waals surface area contributed by atoms with E-state index in [1.807, 2.05) is 0 Å². The van der Waals surface area contributed by atoms with E-state index in [9.17, 15) is 13.6 Å². The lowest BCUT2D eigenvalue weighted by atomic mass is 9.88. The third kappa shape index (κ3) is 2.64. The standard InChI is InChI=1S/C9H14F2O3/c10-7(11)8(13)14-6-9(5-12)3-1-2-4-9/h7,12H,1-6H2. The lowest BCUT2D eigenvalue weighted by molar-refractivity contribution is -0.160. The van der Waals surface area contributed by atoms with Crippen LogP contribution in [0.3, 0.4) is 0 Å². The summed E-state index contributed by atoms with van der Waals surface area (Å²) in [4.78, 5) is 10.5. The number of hydrogen-bond donors (Lipinski definition) is 1. The van der Waals surface area contributed by atoms with Gasteiger partial charge in [-0.2, -0.15) is 8.78 Å². The van der Waals surface area contributed by atoms with Gasteiger partial charge in [-0.15, -0.1) is 0 Å². The predicted octanol–water partition coefficient (Wildman–Crippen LogP) is 1.35. The van der Waals surface area contributed by atoms with Gasteiger partial charge in [-0.3, -0.25) is 0 Å². The highest BCUT2D eigenvalue weighted by Gasteiger charge is 2.35. The SMILES string of the molecule is O=C(OCC1(CO)CCCC1)C(F)F. The number of ether oxygens (including phenoxy) is 1. The van der Waals surface area contributed by atoms with Gasteiger partial charge in [0.1, 0.15) is 0 Å². The molecular weight excluding hydrogens is 194 g/mol. The van der Waals surface area contributed by atoms with Crippen LogP contribution < -0.4 is 0 Å². The van der Waals surface area contributed by atoms with Crippen molar-refractivity contribution in [3.05, 3.63) is 0 Å². The van der Waals surface area contributed by atoms with Gasteiger partial charge in [0.05, 0.1) is 13.2 Å². The van der Waals surface area contributed by atoms with E-state index in [0.717, 1.165) is 25.7 Å². The molecule has 1 N–H and O–H groups in total. The number of hydrogen-bond acceptors (Lipinski definition) is 3. The Morgan fingerprint density at radius 3 is 2.43 bits per heavy atom. The number of halogens is 2. The monoisotopic (exact) mass is 208 g/mol. The number of carbonyl (C=O) groups is 1. The van der Waals surface area contributed by atoms with Crippen LogP contribution in [0, 0.1) is 5.41 Å². The van der Waals surface area contributed by atoms with Crippen LogP contribution in [-0.4, -0.2) is 30.7 Å². The van der Waals surface area contributed by atoms with Gasteiger partial charge in [-0.1, -0.05) is 12.8 Å². The van der Waals surface area contributed by atoms with Crippen molar-refractivity contribution in [2.24, 2.45) is 5.41 Å². The molecule has 1 aliphatic carbocycles. The van der Waals surface area contributed by atoms with E-state index in [4.69, 9.17) is 5.11 Å². The Morgan fingerprint density at radius 1 is 1.43 bits per heavy atom. The van der Waals surface area contributed by atoms with Crippen molar-refractivity contribution in [3.8, 4) is 0 Å². The normalized spacial score (nSPS) is 20.0. The smallest absolute Gasteiger partial charge is 0.373 e. The van der Waals surface area contributed by atoms with E-state index in [1.54, 1.807) is 0 Å². The molecule has 0 saturated heterocycles. The number of esters is 1. The van der Waals surface area contributed by atoms with E-state index in [0.29, 0.717) is 0 Å². The zero-order chi connectivity index (χ0) is 10.6. The second-order valence-electron chi connectivity index (χ2n) is 3.77. The zero-order valence-corrected chi connectivity index (χ0v) is 7.84. The minimum Gasteiger partial charge on any atom is -0.461 e. The molecule has 1 rings (SSSR count). The molecule has 0 radical (unpaired) electrons. The Morgan fingerprint density at radius 2 is 2.00 bits per heavy atom. The van der Waals surface area contributed by atoms with Crippen LogP contribution in [0.1, 0.15) is 25.7 Å². The van der Waals surface area contributed by atoms with Gasteiger partial charge in [0.25, 0.3) is 0 Å². The van der Waals surface area contributed by atoms with Crippen molar-refractivity contribution >= 4 is 5.97 Å². The van der Waals surface area contributed by atoms with Crippen LogP contribution in [-0.2, 0) is 9.53 Å². The van der Waals surface area contributed by atoms with Gasteiger partial charge in [-0.25, -0.2) is 4.79 Å². The summed E-state index contributed by atoms with van der Waals surface area (Å²) in [6.45, 7) is -0.198. The fourth-order valence-corrected chi connectivity index (χ4v) is 1.76. The van der Waals surface area contributed by atoms with Gasteiger partial charge in [-0.05, 0) is 12.8 Å². The largest absolute Gasteiger partial charge is 0.461 e. The minimum absolute atomic E-state index is 0.0906. The molecule has 0 amide bonds. The van der Waals surface area contributed by atoms with Crippen molar-refractivity contribution in [3.63, 3.8) is 0 Å². The molecule has 0 aromatic rings. The maximum absolute atomic E-state index is 11.8. The summed E-state index contributed by atoms with van der Waals surface area (Å²) >= 11 is 0. The molecular formula is C9H14F2O3. The summed E-state index contributed by atoms with van der Waals surface area (Å²) in [5, 5.41) is 9.09. The predicted molar refractivity (Wildman–Crippen MR) is 44.9 cm³/mol. The van der Waals surface area contributed by atoms with E-state index in [-0.39, 0.29) is 13.2 Å². The Kier molecular flexibility index (Phi) is 3.80. The molecule has 0 aromatic heterocycles. The van der Waals surface area contributed by atoms with Gasteiger partial charge in [0.2, 0.25) is 0 Å². The zero-order valence-electron chi connectivity index (χ0n) is 7.84. The fraction of sp³-hybridized carbons (Fsp3) is 0.889. The molecule has 0 aliphatic heterocycles. The van der Waals surface area contributed by atoms with E-state index < -0.39 is 17.8 Å². The molecule has 14 heavy (non-hydrogen) atoms. The molecule has 0 spiro atoms. The fourth-order valence-electron chi connectivity index (χ4n) is 1.76. The second-order valence-corrected chi connectivity index (χ2v) is 3.77. The van der Waals surface area contributed by atoms with E-state index in [1.165, 1.54) is 0 Å². The van der Waals surface area contributed by atoms with E-state index in [2.05, 4.69) is 4.74 Å². The summed E-state index contributed by atoms with van der Waals surface area (Å²) in [6.07, 6.45) is 0.298. The summed E-state index contributed by atoms with van der Waals surface area (Å²) in [5.41, 5.74) is -0.468. The molecule has 0 bridgehead atoms. The summed E-state index contributed by atoms with van der Waals surface area (Å²) in [7, 11) is 0. The van der Waals surface area contributed by atoms with Crippen LogP contribution >= 0.6 is 0 Å². The molecule has 1 aliphatic rings. The lowest BCUT2D eigenvalue weighted by Crippen LogP contribution is -2.30. The second kappa shape index (κ2) is 4.68. The van der Waals surface area contributed by atoms with Crippen molar-refractivity contribution in [1.29, 1.82) is 0 Å². The van der Waals surface area contributed by atoms with Crippen molar-refractivity contribution in [2.45, 2.75) is 32.1 Å². The van der Waals surface area contributed by atoms with Gasteiger partial charge < -0.3 is 9.84 Å². The van der Waals surface area contributed by atoms with Crippen molar-refractivity contribution < 1.29 is 23.4 Å². The van der Waals surface area contributed by atoms with Crippen molar-refractivity contribution in [2.75, 3.05) is 13.2 Å². The molecule has 1 saturated carbocycles. The highest BCUT2D eigenvalue weighted by molar-refractivity contribution is 5.72. The van der Waals surface area contributed by atoms with Gasteiger partial charge in [0.15, 0.2) is 0 Å². The quantitative estimate of drug-likeness (QED) is 0.709. The molecule has 5 heteroatoms. The molecule has 82 valence electrons. The highest BCUT2D eigenvalue weighted by atomic mass is 19.3. The number of aliphatic hydroxyl groups is 1. The van der Waals surface area contributed by atoms with E-state index >= 15 is 0 Å². The maximum atomic E-state index is 11.8. The molecule has 0 heterocycles. The lowest BCUT2D eigenvalue weighted by Gasteiger charge is -2.25.